The Bertz CT molecular complexity index is 556. The number of nitrogens with zero attached hydrogens (tertiary/aromatic N) is 2. The number of benzene rings is 1. The van der Waals surface area contributed by atoms with Crippen molar-refractivity contribution in [3.8, 4) is 5.75 Å². The van der Waals surface area contributed by atoms with Crippen LogP contribution in [-0.2, 0) is 6.54 Å². The first-order chi connectivity index (χ1) is 9.19. The van der Waals surface area contributed by atoms with Crippen LogP contribution >= 0.6 is 0 Å². The Hall–Kier alpha value is -2.14. The van der Waals surface area contributed by atoms with Gasteiger partial charge in [0.05, 0.1) is 11.5 Å². The van der Waals surface area contributed by atoms with Crippen LogP contribution in [0.5, 0.6) is 5.75 Å². The van der Waals surface area contributed by atoms with Crippen molar-refractivity contribution in [3.05, 3.63) is 64.5 Å². The van der Waals surface area contributed by atoms with E-state index in [-0.39, 0.29) is 18.1 Å². The molecule has 1 aromatic heterocycles. The maximum absolute atomic E-state index is 10.6. The molecule has 1 aromatic carbocycles. The van der Waals surface area contributed by atoms with Crippen molar-refractivity contribution in [3.63, 3.8) is 0 Å². The van der Waals surface area contributed by atoms with Gasteiger partial charge < -0.3 is 17.1 Å². The van der Waals surface area contributed by atoms with E-state index in [1.165, 1.54) is 12.1 Å². The largest absolute Gasteiger partial charge is 1.00 e. The SMILES string of the molecule is CCOc1cc[n+](Cc2ccc([N+](=O)[O-])cc2)cc1.[Cl-]. The van der Waals surface area contributed by atoms with Gasteiger partial charge in [-0.2, -0.15) is 0 Å². The second kappa shape index (κ2) is 7.45. The second-order valence-corrected chi connectivity index (χ2v) is 4.06. The summed E-state index contributed by atoms with van der Waals surface area (Å²) in [6.45, 7) is 3.26. The molecule has 0 amide bonds. The maximum Gasteiger partial charge on any atom is 0.269 e. The van der Waals surface area contributed by atoms with Gasteiger partial charge in [-0.1, -0.05) is 0 Å². The summed E-state index contributed by atoms with van der Waals surface area (Å²) < 4.78 is 7.35. The second-order valence-electron chi connectivity index (χ2n) is 4.06. The van der Waals surface area contributed by atoms with E-state index >= 15 is 0 Å². The van der Waals surface area contributed by atoms with Crippen molar-refractivity contribution >= 4 is 5.69 Å². The van der Waals surface area contributed by atoms with Gasteiger partial charge in [0.15, 0.2) is 18.9 Å². The fraction of sp³-hybridized carbons (Fsp3) is 0.214. The normalized spacial score (nSPS) is 9.65. The fourth-order valence-electron chi connectivity index (χ4n) is 1.75. The van der Waals surface area contributed by atoms with Gasteiger partial charge in [-0.15, -0.1) is 0 Å². The van der Waals surface area contributed by atoms with Crippen LogP contribution in [0.3, 0.4) is 0 Å². The molecule has 20 heavy (non-hydrogen) atoms. The number of hydrogen-bond donors (Lipinski definition) is 0. The third kappa shape index (κ3) is 4.20. The molecule has 0 fully saturated rings. The van der Waals surface area contributed by atoms with Crippen LogP contribution in [0.2, 0.25) is 0 Å². The van der Waals surface area contributed by atoms with Crippen LogP contribution in [0, 0.1) is 10.1 Å². The van der Waals surface area contributed by atoms with Crippen molar-refractivity contribution in [2.45, 2.75) is 13.5 Å². The van der Waals surface area contributed by atoms with E-state index in [9.17, 15) is 10.1 Å². The van der Waals surface area contributed by atoms with Gasteiger partial charge in [-0.05, 0) is 19.1 Å². The number of nitro groups is 1. The first kappa shape index (κ1) is 15.9. The molecule has 0 aliphatic carbocycles. The molecule has 0 atom stereocenters. The van der Waals surface area contributed by atoms with Gasteiger partial charge in [0, 0.05) is 29.8 Å². The number of nitro benzene ring substituents is 1. The van der Waals surface area contributed by atoms with Crippen LogP contribution < -0.4 is 21.7 Å². The molecule has 2 rings (SSSR count). The maximum atomic E-state index is 10.6. The van der Waals surface area contributed by atoms with Gasteiger partial charge in [0.2, 0.25) is 0 Å². The van der Waals surface area contributed by atoms with E-state index in [1.54, 1.807) is 12.1 Å². The van der Waals surface area contributed by atoms with Gasteiger partial charge in [-0.25, -0.2) is 4.57 Å². The Morgan fingerprint density at radius 1 is 1.15 bits per heavy atom. The quantitative estimate of drug-likeness (QED) is 0.418. The molecule has 106 valence electrons. The third-order valence-electron chi connectivity index (χ3n) is 2.68. The predicted molar refractivity (Wildman–Crippen MR) is 70.0 cm³/mol. The molecule has 0 aliphatic heterocycles. The zero-order valence-corrected chi connectivity index (χ0v) is 11.8. The van der Waals surface area contributed by atoms with Crippen molar-refractivity contribution in [1.82, 2.24) is 0 Å². The van der Waals surface area contributed by atoms with Gasteiger partial charge in [0.1, 0.15) is 5.75 Å². The Labute approximate surface area is 123 Å². The molecule has 0 radical (unpaired) electrons. The fourth-order valence-corrected chi connectivity index (χ4v) is 1.75. The summed E-state index contributed by atoms with van der Waals surface area (Å²) in [4.78, 5) is 10.2. The van der Waals surface area contributed by atoms with Crippen molar-refractivity contribution in [1.29, 1.82) is 0 Å². The monoisotopic (exact) mass is 294 g/mol. The minimum atomic E-state index is -0.395. The summed E-state index contributed by atoms with van der Waals surface area (Å²) in [5, 5.41) is 10.6. The third-order valence-corrected chi connectivity index (χ3v) is 2.68. The van der Waals surface area contributed by atoms with E-state index < -0.39 is 4.92 Å². The highest BCUT2D eigenvalue weighted by Crippen LogP contribution is 2.12. The molecule has 0 saturated heterocycles. The number of hydrogen-bond acceptors (Lipinski definition) is 3. The molecule has 0 unspecified atom stereocenters. The van der Waals surface area contributed by atoms with E-state index in [2.05, 4.69) is 0 Å². The minimum absolute atomic E-state index is 0. The number of halogens is 1. The molecular weight excluding hydrogens is 280 g/mol. The lowest BCUT2D eigenvalue weighted by molar-refractivity contribution is -0.688. The molecule has 1 heterocycles. The Morgan fingerprint density at radius 3 is 2.25 bits per heavy atom. The Kier molecular flexibility index (Phi) is 5.93. The van der Waals surface area contributed by atoms with Crippen LogP contribution in [0.25, 0.3) is 0 Å². The first-order valence-electron chi connectivity index (χ1n) is 6.04. The minimum Gasteiger partial charge on any atom is -1.00 e. The van der Waals surface area contributed by atoms with Crippen molar-refractivity contribution in [2.24, 2.45) is 0 Å². The molecule has 0 aliphatic rings. The smallest absolute Gasteiger partial charge is 0.269 e. The number of ether oxygens (including phenoxy) is 1. The zero-order valence-electron chi connectivity index (χ0n) is 11.0. The van der Waals surface area contributed by atoms with Crippen LogP contribution in [0.4, 0.5) is 5.69 Å². The highest BCUT2D eigenvalue weighted by atomic mass is 35.5. The average molecular weight is 295 g/mol. The molecule has 0 N–H and O–H groups in total. The highest BCUT2D eigenvalue weighted by molar-refractivity contribution is 5.32. The van der Waals surface area contributed by atoms with Crippen molar-refractivity contribution in [2.75, 3.05) is 6.61 Å². The number of rotatable bonds is 5. The lowest BCUT2D eigenvalue weighted by atomic mass is 10.2. The van der Waals surface area contributed by atoms with Gasteiger partial charge in [-0.3, -0.25) is 10.1 Å². The van der Waals surface area contributed by atoms with Crippen LogP contribution in [-0.4, -0.2) is 11.5 Å². The summed E-state index contributed by atoms with van der Waals surface area (Å²) >= 11 is 0. The molecule has 0 bridgehead atoms. The average Bonchev–Trinajstić information content (AvgIpc) is 2.42. The first-order valence-corrected chi connectivity index (χ1v) is 6.04. The summed E-state index contributed by atoms with van der Waals surface area (Å²) in [6.07, 6.45) is 3.85. The molecule has 6 heteroatoms. The highest BCUT2D eigenvalue weighted by Gasteiger charge is 2.07. The Balaban J connectivity index is 0.00000200. The number of non-ortho nitro benzene ring substituents is 1. The number of pyridine rings is 1. The zero-order chi connectivity index (χ0) is 13.7. The van der Waals surface area contributed by atoms with E-state index in [0.717, 1.165) is 11.3 Å². The van der Waals surface area contributed by atoms with Crippen molar-refractivity contribution < 1.29 is 26.6 Å². The lowest BCUT2D eigenvalue weighted by Gasteiger charge is -2.01. The van der Waals surface area contributed by atoms with E-state index in [1.807, 2.05) is 36.0 Å². The summed E-state index contributed by atoms with van der Waals surface area (Å²) in [5.74, 6) is 0.836. The van der Waals surface area contributed by atoms with Gasteiger partial charge >= 0.3 is 0 Å². The molecular formula is C14H15ClN2O3. The molecule has 5 nitrogen and oxygen atoms in total. The van der Waals surface area contributed by atoms with Crippen LogP contribution in [0.15, 0.2) is 48.8 Å². The molecule has 0 spiro atoms. The lowest BCUT2D eigenvalue weighted by Crippen LogP contribution is -3.00. The van der Waals surface area contributed by atoms with Gasteiger partial charge in [0.25, 0.3) is 5.69 Å². The van der Waals surface area contributed by atoms with E-state index in [4.69, 9.17) is 4.74 Å². The standard InChI is InChI=1S/C14H15N2O3.ClH/c1-2-19-14-7-9-15(10-8-14)11-12-3-5-13(6-4-12)16(17)18;/h3-10H,2,11H2,1H3;1H/q+1;/p-1. The van der Waals surface area contributed by atoms with Crippen LogP contribution in [0.1, 0.15) is 12.5 Å². The number of aromatic nitrogens is 1. The summed E-state index contributed by atoms with van der Waals surface area (Å²) in [7, 11) is 0. The predicted octanol–water partition coefficient (Wildman–Crippen LogP) is -0.667. The summed E-state index contributed by atoms with van der Waals surface area (Å²) in [5.41, 5.74) is 1.13. The Morgan fingerprint density at radius 2 is 1.75 bits per heavy atom. The molecule has 0 saturated carbocycles. The van der Waals surface area contributed by atoms with E-state index in [0.29, 0.717) is 13.2 Å². The topological polar surface area (TPSA) is 56.2 Å². The molecule has 2 aromatic rings. The summed E-state index contributed by atoms with van der Waals surface area (Å²) in [6, 6.07) is 10.4.